The fourth-order valence-electron chi connectivity index (χ4n) is 2.31. The number of aromatic nitrogens is 2. The SMILES string of the molecule is O=C(c1ccccc1F)N(c1ncccn1)C(O)c1ccccc1F. The summed E-state index contributed by atoms with van der Waals surface area (Å²) < 4.78 is 28.1. The molecule has 0 spiro atoms. The monoisotopic (exact) mass is 341 g/mol. The zero-order chi connectivity index (χ0) is 17.8. The molecule has 126 valence electrons. The van der Waals surface area contributed by atoms with E-state index >= 15 is 0 Å². The highest BCUT2D eigenvalue weighted by Gasteiger charge is 2.31. The van der Waals surface area contributed by atoms with Crippen LogP contribution in [0.1, 0.15) is 22.1 Å². The van der Waals surface area contributed by atoms with Crippen molar-refractivity contribution in [1.29, 1.82) is 0 Å². The van der Waals surface area contributed by atoms with Gasteiger partial charge in [0.1, 0.15) is 11.6 Å². The number of hydrogen-bond donors (Lipinski definition) is 1. The fraction of sp³-hybridized carbons (Fsp3) is 0.0556. The van der Waals surface area contributed by atoms with Gasteiger partial charge in [0.25, 0.3) is 5.91 Å². The summed E-state index contributed by atoms with van der Waals surface area (Å²) in [5.74, 6) is -2.54. The van der Waals surface area contributed by atoms with Crippen LogP contribution < -0.4 is 4.90 Å². The molecule has 3 aromatic rings. The molecule has 1 atom stereocenters. The number of halogens is 2. The summed E-state index contributed by atoms with van der Waals surface area (Å²) in [5.41, 5.74) is -0.440. The van der Waals surface area contributed by atoms with Crippen molar-refractivity contribution < 1.29 is 18.7 Å². The first-order valence-corrected chi connectivity index (χ1v) is 7.37. The second-order valence-electron chi connectivity index (χ2n) is 5.10. The van der Waals surface area contributed by atoms with E-state index in [9.17, 15) is 18.7 Å². The first-order valence-electron chi connectivity index (χ1n) is 7.37. The summed E-state index contributed by atoms with van der Waals surface area (Å²) >= 11 is 0. The highest BCUT2D eigenvalue weighted by Crippen LogP contribution is 2.26. The molecule has 0 saturated carbocycles. The molecule has 1 heterocycles. The third kappa shape index (κ3) is 3.36. The lowest BCUT2D eigenvalue weighted by Gasteiger charge is -2.26. The molecule has 25 heavy (non-hydrogen) atoms. The number of nitrogens with zero attached hydrogens (tertiary/aromatic N) is 3. The number of carbonyl (C=O) groups excluding carboxylic acids is 1. The molecule has 1 unspecified atom stereocenters. The number of hydrogen-bond acceptors (Lipinski definition) is 4. The van der Waals surface area contributed by atoms with E-state index in [-0.39, 0.29) is 17.1 Å². The second-order valence-corrected chi connectivity index (χ2v) is 5.10. The Labute approximate surface area is 142 Å². The average Bonchev–Trinajstić information content (AvgIpc) is 2.63. The lowest BCUT2D eigenvalue weighted by atomic mass is 10.1. The van der Waals surface area contributed by atoms with E-state index in [1.165, 1.54) is 54.9 Å². The minimum Gasteiger partial charge on any atom is -0.369 e. The second kappa shape index (κ2) is 7.14. The Bertz CT molecular complexity index is 890. The van der Waals surface area contributed by atoms with E-state index in [2.05, 4.69) is 9.97 Å². The van der Waals surface area contributed by atoms with E-state index in [0.717, 1.165) is 17.0 Å². The Morgan fingerprint density at radius 3 is 2.16 bits per heavy atom. The van der Waals surface area contributed by atoms with E-state index in [4.69, 9.17) is 0 Å². The molecular formula is C18H13F2N3O2. The maximum atomic E-state index is 14.0. The summed E-state index contributed by atoms with van der Waals surface area (Å²) in [6, 6.07) is 12.3. The van der Waals surface area contributed by atoms with Gasteiger partial charge in [-0.3, -0.25) is 4.79 Å². The van der Waals surface area contributed by atoms with Crippen LogP contribution in [0.15, 0.2) is 67.0 Å². The molecule has 1 amide bonds. The zero-order valence-electron chi connectivity index (χ0n) is 12.9. The largest absolute Gasteiger partial charge is 0.369 e. The lowest BCUT2D eigenvalue weighted by Crippen LogP contribution is -2.37. The molecule has 0 aliphatic rings. The van der Waals surface area contributed by atoms with Crippen LogP contribution in [0.25, 0.3) is 0 Å². The minimum atomic E-state index is -1.73. The summed E-state index contributed by atoms with van der Waals surface area (Å²) in [4.78, 5) is 21.4. The average molecular weight is 341 g/mol. The van der Waals surface area contributed by atoms with Crippen molar-refractivity contribution >= 4 is 11.9 Å². The normalized spacial score (nSPS) is 11.8. The molecule has 0 aliphatic heterocycles. The van der Waals surface area contributed by atoms with Gasteiger partial charge in [-0.15, -0.1) is 0 Å². The van der Waals surface area contributed by atoms with Crippen LogP contribution in [0.5, 0.6) is 0 Å². The van der Waals surface area contributed by atoms with Crippen molar-refractivity contribution in [1.82, 2.24) is 9.97 Å². The third-order valence-corrected chi connectivity index (χ3v) is 3.52. The maximum absolute atomic E-state index is 14.0. The predicted octanol–water partition coefficient (Wildman–Crippen LogP) is 3.09. The Hall–Kier alpha value is -3.19. The van der Waals surface area contributed by atoms with Crippen molar-refractivity contribution in [3.05, 3.63) is 89.8 Å². The molecule has 1 aromatic heterocycles. The summed E-state index contributed by atoms with van der Waals surface area (Å²) in [6.07, 6.45) is 0.992. The Morgan fingerprint density at radius 2 is 1.52 bits per heavy atom. The van der Waals surface area contributed by atoms with E-state index in [1.54, 1.807) is 0 Å². The third-order valence-electron chi connectivity index (χ3n) is 3.52. The van der Waals surface area contributed by atoms with Crippen molar-refractivity contribution in [3.8, 4) is 0 Å². The van der Waals surface area contributed by atoms with Gasteiger partial charge in [-0.2, -0.15) is 0 Å². The van der Waals surface area contributed by atoms with Crippen molar-refractivity contribution in [3.63, 3.8) is 0 Å². The van der Waals surface area contributed by atoms with Crippen LogP contribution in [-0.4, -0.2) is 21.0 Å². The minimum absolute atomic E-state index is 0.153. The number of anilines is 1. The standard InChI is InChI=1S/C18H13F2N3O2/c19-14-8-3-1-6-12(14)16(24)23(18-21-10-5-11-22-18)17(25)13-7-2-4-9-15(13)20/h1-11,16,24H. The summed E-state index contributed by atoms with van der Waals surface area (Å²) in [5, 5.41) is 10.6. The predicted molar refractivity (Wildman–Crippen MR) is 86.6 cm³/mol. The number of rotatable bonds is 4. The van der Waals surface area contributed by atoms with Gasteiger partial charge in [-0.1, -0.05) is 30.3 Å². The molecule has 2 aromatic carbocycles. The van der Waals surface area contributed by atoms with Gasteiger partial charge in [-0.25, -0.2) is 23.6 Å². The molecule has 0 fully saturated rings. The Balaban J connectivity index is 2.09. The van der Waals surface area contributed by atoms with Crippen LogP contribution in [0, 0.1) is 11.6 Å². The van der Waals surface area contributed by atoms with Crippen LogP contribution in [0.4, 0.5) is 14.7 Å². The molecule has 5 nitrogen and oxygen atoms in total. The number of aliphatic hydroxyl groups is 1. The molecule has 1 N–H and O–H groups in total. The topological polar surface area (TPSA) is 66.3 Å². The molecular weight excluding hydrogens is 328 g/mol. The summed E-state index contributed by atoms with van der Waals surface area (Å²) in [7, 11) is 0. The molecule has 0 radical (unpaired) electrons. The number of aliphatic hydroxyl groups excluding tert-OH is 1. The van der Waals surface area contributed by atoms with Crippen LogP contribution in [-0.2, 0) is 0 Å². The Morgan fingerprint density at radius 1 is 0.920 bits per heavy atom. The number of amides is 1. The Kier molecular flexibility index (Phi) is 4.76. The highest BCUT2D eigenvalue weighted by molar-refractivity contribution is 6.05. The smallest absolute Gasteiger partial charge is 0.266 e. The number of benzene rings is 2. The first kappa shape index (κ1) is 16.7. The van der Waals surface area contributed by atoms with E-state index < -0.39 is 23.8 Å². The van der Waals surface area contributed by atoms with Gasteiger partial charge in [-0.05, 0) is 24.3 Å². The quantitative estimate of drug-likeness (QED) is 0.741. The van der Waals surface area contributed by atoms with E-state index in [1.807, 2.05) is 0 Å². The van der Waals surface area contributed by atoms with E-state index in [0.29, 0.717) is 0 Å². The first-order chi connectivity index (χ1) is 12.1. The lowest BCUT2D eigenvalue weighted by molar-refractivity contribution is 0.0874. The van der Waals surface area contributed by atoms with Gasteiger partial charge in [0.2, 0.25) is 5.95 Å². The zero-order valence-corrected chi connectivity index (χ0v) is 12.9. The van der Waals surface area contributed by atoms with Gasteiger partial charge in [0, 0.05) is 18.0 Å². The van der Waals surface area contributed by atoms with Crippen molar-refractivity contribution in [2.24, 2.45) is 0 Å². The molecule has 3 rings (SSSR count). The van der Waals surface area contributed by atoms with Gasteiger partial charge in [0.15, 0.2) is 6.23 Å². The maximum Gasteiger partial charge on any atom is 0.266 e. The summed E-state index contributed by atoms with van der Waals surface area (Å²) in [6.45, 7) is 0. The van der Waals surface area contributed by atoms with Crippen molar-refractivity contribution in [2.75, 3.05) is 4.90 Å². The molecule has 0 aliphatic carbocycles. The highest BCUT2D eigenvalue weighted by atomic mass is 19.1. The van der Waals surface area contributed by atoms with Gasteiger partial charge < -0.3 is 5.11 Å². The van der Waals surface area contributed by atoms with Gasteiger partial charge >= 0.3 is 0 Å². The molecule has 7 heteroatoms. The van der Waals surface area contributed by atoms with Crippen LogP contribution in [0.2, 0.25) is 0 Å². The van der Waals surface area contributed by atoms with Crippen LogP contribution >= 0.6 is 0 Å². The van der Waals surface area contributed by atoms with Crippen molar-refractivity contribution in [2.45, 2.75) is 6.23 Å². The van der Waals surface area contributed by atoms with Crippen LogP contribution in [0.3, 0.4) is 0 Å². The molecule has 0 bridgehead atoms. The fourth-order valence-corrected chi connectivity index (χ4v) is 2.31. The van der Waals surface area contributed by atoms with Gasteiger partial charge in [0.05, 0.1) is 5.56 Å². The molecule has 0 saturated heterocycles. The number of carbonyl (C=O) groups is 1.